The first-order valence-electron chi connectivity index (χ1n) is 6.40. The SMILES string of the molecule is CC(C)CC(=O)NC(=S)NNC(=O)Cc1ccccc1. The van der Waals surface area contributed by atoms with E-state index >= 15 is 0 Å². The Morgan fingerprint density at radius 2 is 1.75 bits per heavy atom. The molecular formula is C14H19N3O2S. The van der Waals surface area contributed by atoms with E-state index in [0.717, 1.165) is 5.56 Å². The van der Waals surface area contributed by atoms with Crippen LogP contribution in [0.2, 0.25) is 0 Å². The van der Waals surface area contributed by atoms with Gasteiger partial charge in [-0.1, -0.05) is 44.2 Å². The third kappa shape index (κ3) is 6.84. The Balaban J connectivity index is 2.27. The quantitative estimate of drug-likeness (QED) is 0.578. The highest BCUT2D eigenvalue weighted by atomic mass is 32.1. The van der Waals surface area contributed by atoms with Crippen LogP contribution in [-0.4, -0.2) is 16.9 Å². The first-order valence-corrected chi connectivity index (χ1v) is 6.80. The summed E-state index contributed by atoms with van der Waals surface area (Å²) < 4.78 is 0. The molecule has 0 saturated heterocycles. The van der Waals surface area contributed by atoms with Crippen LogP contribution in [0.25, 0.3) is 0 Å². The van der Waals surface area contributed by atoms with Gasteiger partial charge in [-0.15, -0.1) is 0 Å². The minimum atomic E-state index is -0.225. The molecule has 0 atom stereocenters. The number of nitrogens with one attached hydrogen (secondary N) is 3. The molecule has 0 aliphatic rings. The molecule has 2 amide bonds. The van der Waals surface area contributed by atoms with Crippen LogP contribution in [0.1, 0.15) is 25.8 Å². The Morgan fingerprint density at radius 1 is 1.10 bits per heavy atom. The van der Waals surface area contributed by atoms with Crippen LogP contribution in [-0.2, 0) is 16.0 Å². The Labute approximate surface area is 124 Å². The molecule has 20 heavy (non-hydrogen) atoms. The fourth-order valence-electron chi connectivity index (χ4n) is 1.53. The molecule has 6 heteroatoms. The van der Waals surface area contributed by atoms with E-state index in [0.29, 0.717) is 6.42 Å². The van der Waals surface area contributed by atoms with Crippen molar-refractivity contribution in [2.75, 3.05) is 0 Å². The predicted octanol–water partition coefficient (Wildman–Crippen LogP) is 1.30. The second kappa shape index (κ2) is 8.27. The lowest BCUT2D eigenvalue weighted by Crippen LogP contribution is -2.49. The number of hydrazine groups is 1. The molecule has 1 rings (SSSR count). The zero-order chi connectivity index (χ0) is 15.0. The lowest BCUT2D eigenvalue weighted by molar-refractivity contribution is -0.122. The van der Waals surface area contributed by atoms with Crippen LogP contribution in [0.5, 0.6) is 0 Å². The van der Waals surface area contributed by atoms with Crippen molar-refractivity contribution in [3.63, 3.8) is 0 Å². The second-order valence-electron chi connectivity index (χ2n) is 4.81. The Morgan fingerprint density at radius 3 is 2.35 bits per heavy atom. The molecule has 108 valence electrons. The number of rotatable bonds is 4. The molecule has 5 nitrogen and oxygen atoms in total. The average molecular weight is 293 g/mol. The Hall–Kier alpha value is -1.95. The highest BCUT2D eigenvalue weighted by Crippen LogP contribution is 1.99. The lowest BCUT2D eigenvalue weighted by atomic mass is 10.1. The van der Waals surface area contributed by atoms with Crippen LogP contribution >= 0.6 is 12.2 Å². The maximum absolute atomic E-state index is 11.6. The summed E-state index contributed by atoms with van der Waals surface area (Å²) >= 11 is 4.91. The van der Waals surface area contributed by atoms with Gasteiger partial charge in [-0.25, -0.2) is 0 Å². The van der Waals surface area contributed by atoms with Crippen LogP contribution < -0.4 is 16.2 Å². The van der Waals surface area contributed by atoms with Gasteiger partial charge in [0.1, 0.15) is 0 Å². The molecule has 0 bridgehead atoms. The topological polar surface area (TPSA) is 70.2 Å². The van der Waals surface area contributed by atoms with Crippen LogP contribution in [0.4, 0.5) is 0 Å². The van der Waals surface area contributed by atoms with Crippen LogP contribution in [0, 0.1) is 5.92 Å². The van der Waals surface area contributed by atoms with Crippen molar-refractivity contribution in [2.45, 2.75) is 26.7 Å². The molecular weight excluding hydrogens is 274 g/mol. The molecule has 0 unspecified atom stereocenters. The van der Waals surface area contributed by atoms with E-state index in [9.17, 15) is 9.59 Å². The molecule has 0 radical (unpaired) electrons. The van der Waals surface area contributed by atoms with Crippen molar-refractivity contribution < 1.29 is 9.59 Å². The van der Waals surface area contributed by atoms with Gasteiger partial charge >= 0.3 is 0 Å². The monoisotopic (exact) mass is 293 g/mol. The average Bonchev–Trinajstić information content (AvgIpc) is 2.36. The van der Waals surface area contributed by atoms with Gasteiger partial charge in [-0.3, -0.25) is 20.4 Å². The third-order valence-electron chi connectivity index (χ3n) is 2.37. The molecule has 0 aromatic heterocycles. The Kier molecular flexibility index (Phi) is 6.66. The summed E-state index contributed by atoms with van der Waals surface area (Å²) in [5.41, 5.74) is 5.86. The summed E-state index contributed by atoms with van der Waals surface area (Å²) in [6.07, 6.45) is 0.635. The number of hydrogen-bond acceptors (Lipinski definition) is 3. The summed E-state index contributed by atoms with van der Waals surface area (Å²) in [6, 6.07) is 9.35. The summed E-state index contributed by atoms with van der Waals surface area (Å²) in [4.78, 5) is 23.1. The van der Waals surface area contributed by atoms with E-state index in [1.165, 1.54) is 0 Å². The normalized spacial score (nSPS) is 9.95. The number of thiocarbonyl (C=S) groups is 1. The maximum Gasteiger partial charge on any atom is 0.242 e. The predicted molar refractivity (Wildman–Crippen MR) is 81.6 cm³/mol. The second-order valence-corrected chi connectivity index (χ2v) is 5.22. The summed E-state index contributed by atoms with van der Waals surface area (Å²) in [7, 11) is 0. The van der Waals surface area contributed by atoms with Gasteiger partial charge in [-0.2, -0.15) is 0 Å². The molecule has 1 aromatic rings. The van der Waals surface area contributed by atoms with Crippen LogP contribution in [0.15, 0.2) is 30.3 Å². The zero-order valence-electron chi connectivity index (χ0n) is 11.6. The maximum atomic E-state index is 11.6. The molecule has 0 aliphatic heterocycles. The summed E-state index contributed by atoms with van der Waals surface area (Å²) in [5, 5.41) is 2.59. The number of amides is 2. The molecule has 0 aliphatic carbocycles. The standard InChI is InChI=1S/C14H19N3O2S/c1-10(2)8-12(18)15-14(20)17-16-13(19)9-11-6-4-3-5-7-11/h3-7,10H,8-9H2,1-2H3,(H,16,19)(H2,15,17,18,20). The van der Waals surface area contributed by atoms with E-state index in [2.05, 4.69) is 16.2 Å². The van der Waals surface area contributed by atoms with E-state index in [-0.39, 0.29) is 29.3 Å². The fraction of sp³-hybridized carbons (Fsp3) is 0.357. The smallest absolute Gasteiger partial charge is 0.242 e. The minimum Gasteiger partial charge on any atom is -0.302 e. The van der Waals surface area contributed by atoms with Gasteiger partial charge < -0.3 is 5.32 Å². The zero-order valence-corrected chi connectivity index (χ0v) is 12.4. The van der Waals surface area contributed by atoms with Gasteiger partial charge in [-0.05, 0) is 23.7 Å². The van der Waals surface area contributed by atoms with Crippen molar-refractivity contribution in [3.8, 4) is 0 Å². The van der Waals surface area contributed by atoms with Gasteiger partial charge in [0.05, 0.1) is 6.42 Å². The van der Waals surface area contributed by atoms with Crippen molar-refractivity contribution in [1.29, 1.82) is 0 Å². The van der Waals surface area contributed by atoms with Gasteiger partial charge in [0.15, 0.2) is 5.11 Å². The van der Waals surface area contributed by atoms with E-state index in [1.54, 1.807) is 0 Å². The highest BCUT2D eigenvalue weighted by Gasteiger charge is 2.08. The molecule has 0 heterocycles. The van der Waals surface area contributed by atoms with Gasteiger partial charge in [0, 0.05) is 6.42 Å². The van der Waals surface area contributed by atoms with Crippen molar-refractivity contribution in [3.05, 3.63) is 35.9 Å². The molecule has 0 fully saturated rings. The van der Waals surface area contributed by atoms with Gasteiger partial charge in [0.25, 0.3) is 0 Å². The van der Waals surface area contributed by atoms with E-state index in [4.69, 9.17) is 12.2 Å². The highest BCUT2D eigenvalue weighted by molar-refractivity contribution is 7.80. The molecule has 0 saturated carbocycles. The third-order valence-corrected chi connectivity index (χ3v) is 2.57. The molecule has 1 aromatic carbocycles. The first kappa shape index (κ1) is 16.1. The van der Waals surface area contributed by atoms with E-state index < -0.39 is 0 Å². The largest absolute Gasteiger partial charge is 0.302 e. The summed E-state index contributed by atoms with van der Waals surface area (Å²) in [6.45, 7) is 3.88. The minimum absolute atomic E-state index is 0.0945. The lowest BCUT2D eigenvalue weighted by Gasteiger charge is -2.11. The Bertz CT molecular complexity index is 475. The summed E-state index contributed by atoms with van der Waals surface area (Å²) in [5.74, 6) is -0.142. The van der Waals surface area contributed by atoms with Crippen molar-refractivity contribution in [1.82, 2.24) is 16.2 Å². The van der Waals surface area contributed by atoms with E-state index in [1.807, 2.05) is 44.2 Å². The number of hydrogen-bond donors (Lipinski definition) is 3. The first-order chi connectivity index (χ1) is 9.47. The molecule has 0 spiro atoms. The number of benzene rings is 1. The van der Waals surface area contributed by atoms with Gasteiger partial charge in [0.2, 0.25) is 11.8 Å². The van der Waals surface area contributed by atoms with Crippen LogP contribution in [0.3, 0.4) is 0 Å². The van der Waals surface area contributed by atoms with Crippen molar-refractivity contribution in [2.24, 2.45) is 5.92 Å². The van der Waals surface area contributed by atoms with Crippen molar-refractivity contribution >= 4 is 29.1 Å². The fourth-order valence-corrected chi connectivity index (χ4v) is 1.70. The number of carbonyl (C=O) groups is 2. The number of carbonyl (C=O) groups excluding carboxylic acids is 2. The molecule has 3 N–H and O–H groups in total.